The van der Waals surface area contributed by atoms with E-state index in [0.29, 0.717) is 5.95 Å². The highest BCUT2D eigenvalue weighted by Gasteiger charge is 2.27. The summed E-state index contributed by atoms with van der Waals surface area (Å²) in [6.07, 6.45) is 0. The molecule has 352 valence electrons. The predicted octanol–water partition coefficient (Wildman–Crippen LogP) is 18.5. The zero-order valence-electron chi connectivity index (χ0n) is 40.9. The third kappa shape index (κ3) is 7.74. The van der Waals surface area contributed by atoms with Crippen LogP contribution in [-0.4, -0.2) is 19.1 Å². The smallest absolute Gasteiger partial charge is 0.235 e. The molecule has 0 saturated carbocycles. The normalized spacial score (nSPS) is 11.5. The minimum absolute atomic E-state index is 0.582. The van der Waals surface area contributed by atoms with Crippen molar-refractivity contribution in [1.29, 1.82) is 0 Å². The number of para-hydroxylation sites is 2. The van der Waals surface area contributed by atoms with E-state index >= 15 is 0 Å². The third-order valence-corrected chi connectivity index (χ3v) is 14.6. The fraction of sp³-hybridized carbons (Fsp3) is 0. The van der Waals surface area contributed by atoms with Crippen LogP contribution in [0.3, 0.4) is 0 Å². The molecule has 5 nitrogen and oxygen atoms in total. The first-order chi connectivity index (χ1) is 37.2. The largest absolute Gasteiger partial charge is 0.310 e. The summed E-state index contributed by atoms with van der Waals surface area (Å²) in [5.41, 5.74) is 19.1. The van der Waals surface area contributed by atoms with Crippen molar-refractivity contribution in [3.05, 3.63) is 285 Å². The molecule has 5 heteroatoms. The van der Waals surface area contributed by atoms with Gasteiger partial charge in [0, 0.05) is 49.7 Å². The van der Waals surface area contributed by atoms with E-state index in [9.17, 15) is 0 Å². The van der Waals surface area contributed by atoms with E-state index in [-0.39, 0.29) is 0 Å². The van der Waals surface area contributed by atoms with Gasteiger partial charge < -0.3 is 9.47 Å². The molecule has 11 aromatic carbocycles. The highest BCUT2D eigenvalue weighted by molar-refractivity contribution is 6.26. The van der Waals surface area contributed by atoms with Gasteiger partial charge in [0.2, 0.25) is 5.95 Å². The molecule has 14 aromatic rings. The average molecular weight is 958 g/mol. The molecule has 0 N–H and O–H groups in total. The van der Waals surface area contributed by atoms with Crippen LogP contribution in [-0.2, 0) is 0 Å². The number of benzene rings is 11. The van der Waals surface area contributed by atoms with E-state index in [1.165, 1.54) is 22.1 Å². The lowest BCUT2D eigenvalue weighted by atomic mass is 10.0. The summed E-state index contributed by atoms with van der Waals surface area (Å²) in [4.78, 5) is 13.6. The molecule has 0 radical (unpaired) electrons. The first-order valence-electron chi connectivity index (χ1n) is 25.5. The topological polar surface area (TPSA) is 38.9 Å². The van der Waals surface area contributed by atoms with E-state index in [1.807, 2.05) is 0 Å². The molecular weight excluding hydrogens is 911 g/mol. The summed E-state index contributed by atoms with van der Waals surface area (Å²) < 4.78 is 4.76. The molecule has 0 aliphatic carbocycles. The fourth-order valence-corrected chi connectivity index (χ4v) is 11.0. The molecule has 0 fully saturated rings. The molecule has 0 atom stereocenters. The fourth-order valence-electron chi connectivity index (χ4n) is 11.0. The molecule has 0 amide bonds. The van der Waals surface area contributed by atoms with Crippen molar-refractivity contribution < 1.29 is 0 Å². The average Bonchev–Trinajstić information content (AvgIpc) is 4.08. The van der Waals surface area contributed by atoms with Gasteiger partial charge >= 0.3 is 0 Å². The SMILES string of the molecule is c1ccc(-c2ccc(-c3cc(-c4ccccc4)nc(-n4c5cccc(N(c6ccc(-c7ccccc7)cc6)c6ccc(-c7ccccc7)cc6)c5c5ccc6c7ccccc7n(-c7ccccc7)c6c54)n3)cc2)cc1. The lowest BCUT2D eigenvalue weighted by Crippen LogP contribution is -2.10. The van der Waals surface area contributed by atoms with E-state index in [0.717, 1.165) is 100 Å². The number of hydrogen-bond acceptors (Lipinski definition) is 3. The summed E-state index contributed by atoms with van der Waals surface area (Å²) in [6.45, 7) is 0. The maximum Gasteiger partial charge on any atom is 0.235 e. The third-order valence-electron chi connectivity index (χ3n) is 14.6. The van der Waals surface area contributed by atoms with Crippen molar-refractivity contribution >= 4 is 60.7 Å². The van der Waals surface area contributed by atoms with Gasteiger partial charge in [-0.25, -0.2) is 9.97 Å². The highest BCUT2D eigenvalue weighted by atomic mass is 15.2. The second-order valence-corrected chi connectivity index (χ2v) is 19.0. The first-order valence-corrected chi connectivity index (χ1v) is 25.5. The van der Waals surface area contributed by atoms with Crippen LogP contribution >= 0.6 is 0 Å². The minimum atomic E-state index is 0.582. The molecule has 3 heterocycles. The molecule has 0 unspecified atom stereocenters. The number of aromatic nitrogens is 4. The van der Waals surface area contributed by atoms with Gasteiger partial charge in [-0.1, -0.05) is 224 Å². The Morgan fingerprint density at radius 3 is 1.23 bits per heavy atom. The standard InChI is InChI=1S/C70H47N5/c1-6-19-48(20-7-1)51-33-35-55(36-34-51)63-47-62(54-25-12-4-13-26-54)71-70(72-63)75-66-32-18-31-65(67(66)61-46-45-60-59-29-16-17-30-64(59)74(68(60)69(61)75)56-27-14-5-15-28-56)73(57-41-37-52(38-42-57)49-21-8-2-9-22-49)58-43-39-53(40-44-58)50-23-10-3-11-24-50/h1-47H. The number of fused-ring (bicyclic) bond motifs is 7. The maximum atomic E-state index is 5.63. The Bertz CT molecular complexity index is 4260. The predicted molar refractivity (Wildman–Crippen MR) is 313 cm³/mol. The van der Waals surface area contributed by atoms with Crippen LogP contribution in [0.25, 0.3) is 111 Å². The Balaban J connectivity index is 1.08. The van der Waals surface area contributed by atoms with Crippen LogP contribution in [0.5, 0.6) is 0 Å². The molecule has 14 rings (SSSR count). The number of nitrogens with zero attached hydrogens (tertiary/aromatic N) is 5. The van der Waals surface area contributed by atoms with E-state index in [2.05, 4.69) is 299 Å². The molecule has 75 heavy (non-hydrogen) atoms. The summed E-state index contributed by atoms with van der Waals surface area (Å²) in [5.74, 6) is 0.582. The Morgan fingerprint density at radius 2 is 0.680 bits per heavy atom. The molecule has 0 bridgehead atoms. The van der Waals surface area contributed by atoms with E-state index in [1.54, 1.807) is 0 Å². The lowest BCUT2D eigenvalue weighted by molar-refractivity contribution is 0.995. The first kappa shape index (κ1) is 43.7. The second kappa shape index (κ2) is 18.5. The van der Waals surface area contributed by atoms with Gasteiger partial charge in [-0.05, 0) is 94.0 Å². The summed E-state index contributed by atoms with van der Waals surface area (Å²) >= 11 is 0. The van der Waals surface area contributed by atoms with Crippen LogP contribution in [0.1, 0.15) is 0 Å². The Hall–Kier alpha value is -10.1. The Labute approximate surface area is 435 Å². The van der Waals surface area contributed by atoms with Gasteiger partial charge in [-0.2, -0.15) is 0 Å². The van der Waals surface area contributed by atoms with Crippen LogP contribution in [0, 0.1) is 0 Å². The minimum Gasteiger partial charge on any atom is -0.310 e. The lowest BCUT2D eigenvalue weighted by Gasteiger charge is -2.27. The van der Waals surface area contributed by atoms with Crippen molar-refractivity contribution in [2.75, 3.05) is 4.90 Å². The zero-order valence-corrected chi connectivity index (χ0v) is 40.9. The van der Waals surface area contributed by atoms with Crippen LogP contribution in [0.15, 0.2) is 285 Å². The number of rotatable bonds is 10. The van der Waals surface area contributed by atoms with E-state index < -0.39 is 0 Å². The Morgan fingerprint density at radius 1 is 0.280 bits per heavy atom. The zero-order chi connectivity index (χ0) is 49.7. The monoisotopic (exact) mass is 957 g/mol. The van der Waals surface area contributed by atoms with Crippen molar-refractivity contribution in [2.24, 2.45) is 0 Å². The molecule has 0 aliphatic rings. The van der Waals surface area contributed by atoms with Crippen LogP contribution in [0.2, 0.25) is 0 Å². The van der Waals surface area contributed by atoms with Gasteiger partial charge in [0.25, 0.3) is 0 Å². The van der Waals surface area contributed by atoms with Gasteiger partial charge in [0.15, 0.2) is 0 Å². The van der Waals surface area contributed by atoms with Crippen molar-refractivity contribution in [2.45, 2.75) is 0 Å². The molecular formula is C70H47N5. The quantitative estimate of drug-likeness (QED) is 0.137. The highest BCUT2D eigenvalue weighted by Crippen LogP contribution is 2.48. The molecule has 0 aliphatic heterocycles. The number of hydrogen-bond donors (Lipinski definition) is 0. The number of anilines is 3. The summed E-state index contributed by atoms with van der Waals surface area (Å²) in [7, 11) is 0. The molecule has 3 aromatic heterocycles. The van der Waals surface area contributed by atoms with Gasteiger partial charge in [0.1, 0.15) is 0 Å². The van der Waals surface area contributed by atoms with Crippen LogP contribution < -0.4 is 4.90 Å². The van der Waals surface area contributed by atoms with Crippen molar-refractivity contribution in [1.82, 2.24) is 19.1 Å². The van der Waals surface area contributed by atoms with Crippen LogP contribution in [0.4, 0.5) is 17.1 Å². The summed E-state index contributed by atoms with van der Waals surface area (Å²) in [6, 6.07) is 102. The summed E-state index contributed by atoms with van der Waals surface area (Å²) in [5, 5.41) is 4.49. The van der Waals surface area contributed by atoms with Gasteiger partial charge in [-0.3, -0.25) is 4.57 Å². The van der Waals surface area contributed by atoms with Crippen molar-refractivity contribution in [3.8, 4) is 67.5 Å². The van der Waals surface area contributed by atoms with E-state index in [4.69, 9.17) is 9.97 Å². The Kier molecular flexibility index (Phi) is 10.8. The molecule has 0 spiro atoms. The van der Waals surface area contributed by atoms with Gasteiger partial charge in [-0.15, -0.1) is 0 Å². The van der Waals surface area contributed by atoms with Crippen molar-refractivity contribution in [3.63, 3.8) is 0 Å². The molecule has 0 saturated heterocycles. The second-order valence-electron chi connectivity index (χ2n) is 19.0. The maximum absolute atomic E-state index is 5.63. The van der Waals surface area contributed by atoms with Gasteiger partial charge in [0.05, 0.1) is 39.1 Å².